The summed E-state index contributed by atoms with van der Waals surface area (Å²) in [5.74, 6) is -2.00. The molecule has 2 aromatic rings. The van der Waals surface area contributed by atoms with Crippen LogP contribution < -0.4 is 20.1 Å². The Morgan fingerprint density at radius 3 is 2.93 bits per heavy atom. The number of carbonyl (C=O) groups is 3. The first-order valence-corrected chi connectivity index (χ1v) is 8.10. The molecule has 1 aromatic heterocycles. The Kier molecular flexibility index (Phi) is 5.53. The van der Waals surface area contributed by atoms with E-state index >= 15 is 0 Å². The fraction of sp³-hybridized carbons (Fsp3) is 0.176. The van der Waals surface area contributed by atoms with Crippen LogP contribution >= 0.6 is 0 Å². The highest BCUT2D eigenvalue weighted by molar-refractivity contribution is 6.00. The molecule has 2 N–H and O–H groups in total. The van der Waals surface area contributed by atoms with Gasteiger partial charge in [-0.25, -0.2) is 9.78 Å². The quantitative estimate of drug-likeness (QED) is 0.410. The van der Waals surface area contributed by atoms with E-state index in [-0.39, 0.29) is 35.2 Å². The summed E-state index contributed by atoms with van der Waals surface area (Å²) in [5.41, 5.74) is -0.463. The van der Waals surface area contributed by atoms with E-state index in [2.05, 4.69) is 15.6 Å². The van der Waals surface area contributed by atoms with Crippen molar-refractivity contribution >= 4 is 34.8 Å². The molecule has 12 nitrogen and oxygen atoms in total. The maximum absolute atomic E-state index is 12.1. The Hall–Kier alpha value is -4.22. The van der Waals surface area contributed by atoms with Crippen molar-refractivity contribution < 1.29 is 33.5 Å². The largest absolute Gasteiger partial charge is 0.481 e. The number of rotatable bonds is 6. The molecule has 0 bridgehead atoms. The normalized spacial score (nSPS) is 12.1. The number of esters is 1. The number of methoxy groups -OCH3 is 1. The maximum atomic E-state index is 12.1. The van der Waals surface area contributed by atoms with Gasteiger partial charge in [-0.05, 0) is 18.2 Å². The Balaban J connectivity index is 1.71. The van der Waals surface area contributed by atoms with Gasteiger partial charge in [-0.15, -0.1) is 0 Å². The number of pyridine rings is 1. The van der Waals surface area contributed by atoms with Gasteiger partial charge < -0.3 is 24.8 Å². The summed E-state index contributed by atoms with van der Waals surface area (Å²) in [6.45, 7) is -0.988. The standard InChI is InChI=1S/C17H14N4O8/c1-27-16-9(3-2-4-18-16)17(24)29-8-15(23)19-10-5-11-13(6-12(10)21(25)26)28-7-14(22)20-11/h2-6H,7-8H2,1H3,(H,19,23)(H,20,22). The number of hydrogen-bond donors (Lipinski definition) is 2. The summed E-state index contributed by atoms with van der Waals surface area (Å²) in [6.07, 6.45) is 1.42. The summed E-state index contributed by atoms with van der Waals surface area (Å²) in [4.78, 5) is 50.0. The summed E-state index contributed by atoms with van der Waals surface area (Å²) in [7, 11) is 1.32. The maximum Gasteiger partial charge on any atom is 0.344 e. The lowest BCUT2D eigenvalue weighted by Crippen LogP contribution is -2.26. The molecule has 0 fully saturated rings. The summed E-state index contributed by atoms with van der Waals surface area (Å²) >= 11 is 0. The van der Waals surface area contributed by atoms with Crippen molar-refractivity contribution in [1.82, 2.24) is 4.98 Å². The number of fused-ring (bicyclic) bond motifs is 1. The van der Waals surface area contributed by atoms with Gasteiger partial charge in [0.15, 0.2) is 19.0 Å². The van der Waals surface area contributed by atoms with Gasteiger partial charge in [-0.3, -0.25) is 19.7 Å². The average Bonchev–Trinajstić information content (AvgIpc) is 2.71. The van der Waals surface area contributed by atoms with Crippen LogP contribution in [0.4, 0.5) is 17.1 Å². The summed E-state index contributed by atoms with van der Waals surface area (Å²) < 4.78 is 15.0. The SMILES string of the molecule is COc1ncccc1C(=O)OCC(=O)Nc1cc2c(cc1[N+](=O)[O-])OCC(=O)N2. The third-order valence-corrected chi connectivity index (χ3v) is 3.72. The summed E-state index contributed by atoms with van der Waals surface area (Å²) in [5, 5.41) is 16.0. The molecule has 1 aliphatic heterocycles. The van der Waals surface area contributed by atoms with Crippen LogP contribution in [0.2, 0.25) is 0 Å². The molecule has 0 saturated heterocycles. The van der Waals surface area contributed by atoms with Gasteiger partial charge in [-0.2, -0.15) is 0 Å². The monoisotopic (exact) mass is 402 g/mol. The minimum absolute atomic E-state index is 0.0161. The van der Waals surface area contributed by atoms with Crippen LogP contribution in [-0.2, 0) is 14.3 Å². The van der Waals surface area contributed by atoms with Crippen molar-refractivity contribution in [3.05, 3.63) is 46.1 Å². The van der Waals surface area contributed by atoms with Crippen molar-refractivity contribution in [3.63, 3.8) is 0 Å². The van der Waals surface area contributed by atoms with Crippen LogP contribution in [-0.4, -0.2) is 48.0 Å². The highest BCUT2D eigenvalue weighted by Crippen LogP contribution is 2.37. The van der Waals surface area contributed by atoms with Gasteiger partial charge in [0.25, 0.3) is 17.5 Å². The Bertz CT molecular complexity index is 1010. The second-order valence-corrected chi connectivity index (χ2v) is 5.64. The predicted molar refractivity (Wildman–Crippen MR) is 96.9 cm³/mol. The molecule has 0 radical (unpaired) electrons. The molecule has 0 unspecified atom stereocenters. The number of hydrogen-bond acceptors (Lipinski definition) is 9. The van der Waals surface area contributed by atoms with E-state index in [9.17, 15) is 24.5 Å². The minimum atomic E-state index is -0.856. The first kappa shape index (κ1) is 19.5. The molecular formula is C17H14N4O8. The molecular weight excluding hydrogens is 388 g/mol. The third kappa shape index (κ3) is 4.37. The zero-order valence-corrected chi connectivity index (χ0v) is 15.0. The van der Waals surface area contributed by atoms with E-state index in [1.54, 1.807) is 0 Å². The Labute approximate surface area is 162 Å². The number of nitrogens with zero attached hydrogens (tertiary/aromatic N) is 2. The zero-order chi connectivity index (χ0) is 21.0. The molecule has 0 atom stereocenters. The van der Waals surface area contributed by atoms with Crippen LogP contribution in [0.1, 0.15) is 10.4 Å². The lowest BCUT2D eigenvalue weighted by molar-refractivity contribution is -0.384. The molecule has 12 heteroatoms. The minimum Gasteiger partial charge on any atom is -0.481 e. The van der Waals surface area contributed by atoms with Gasteiger partial charge in [0.05, 0.1) is 23.8 Å². The zero-order valence-electron chi connectivity index (χ0n) is 15.0. The van der Waals surface area contributed by atoms with Crippen LogP contribution in [0.15, 0.2) is 30.5 Å². The molecule has 1 aromatic carbocycles. The highest BCUT2D eigenvalue weighted by atomic mass is 16.6. The molecule has 0 spiro atoms. The molecule has 2 heterocycles. The topological polar surface area (TPSA) is 159 Å². The first-order valence-electron chi connectivity index (χ1n) is 8.10. The lowest BCUT2D eigenvalue weighted by Gasteiger charge is -2.18. The van der Waals surface area contributed by atoms with Crippen molar-refractivity contribution in [2.24, 2.45) is 0 Å². The van der Waals surface area contributed by atoms with E-state index in [1.165, 1.54) is 31.5 Å². The third-order valence-electron chi connectivity index (χ3n) is 3.72. The fourth-order valence-electron chi connectivity index (χ4n) is 2.47. The van der Waals surface area contributed by atoms with Gasteiger partial charge in [-0.1, -0.05) is 0 Å². The number of anilines is 2. The number of aromatic nitrogens is 1. The fourth-order valence-corrected chi connectivity index (χ4v) is 2.47. The van der Waals surface area contributed by atoms with Crippen molar-refractivity contribution in [1.29, 1.82) is 0 Å². The number of nitrogens with one attached hydrogen (secondary N) is 2. The number of carbonyl (C=O) groups excluding carboxylic acids is 3. The van der Waals surface area contributed by atoms with E-state index in [1.807, 2.05) is 0 Å². The molecule has 150 valence electrons. The van der Waals surface area contributed by atoms with Gasteiger partial charge in [0.1, 0.15) is 11.3 Å². The molecule has 0 aliphatic carbocycles. The second-order valence-electron chi connectivity index (χ2n) is 5.64. The van der Waals surface area contributed by atoms with E-state index in [0.29, 0.717) is 0 Å². The van der Waals surface area contributed by atoms with Crippen molar-refractivity contribution in [3.8, 4) is 11.6 Å². The van der Waals surface area contributed by atoms with E-state index < -0.39 is 35.0 Å². The molecule has 29 heavy (non-hydrogen) atoms. The molecule has 2 amide bonds. The highest BCUT2D eigenvalue weighted by Gasteiger charge is 2.25. The van der Waals surface area contributed by atoms with Gasteiger partial charge in [0.2, 0.25) is 5.88 Å². The van der Waals surface area contributed by atoms with Crippen molar-refractivity contribution in [2.45, 2.75) is 0 Å². The molecule has 0 saturated carbocycles. The van der Waals surface area contributed by atoms with E-state index in [4.69, 9.17) is 14.2 Å². The van der Waals surface area contributed by atoms with Crippen molar-refractivity contribution in [2.75, 3.05) is 31.0 Å². The van der Waals surface area contributed by atoms with Crippen LogP contribution in [0, 0.1) is 10.1 Å². The molecule has 3 rings (SSSR count). The first-order chi connectivity index (χ1) is 13.9. The average molecular weight is 402 g/mol. The van der Waals surface area contributed by atoms with Crippen LogP contribution in [0.3, 0.4) is 0 Å². The van der Waals surface area contributed by atoms with Crippen LogP contribution in [0.5, 0.6) is 11.6 Å². The molecule has 1 aliphatic rings. The van der Waals surface area contributed by atoms with Gasteiger partial charge >= 0.3 is 5.97 Å². The number of nitro groups is 1. The smallest absolute Gasteiger partial charge is 0.344 e. The van der Waals surface area contributed by atoms with Crippen LogP contribution in [0.25, 0.3) is 0 Å². The Morgan fingerprint density at radius 2 is 2.21 bits per heavy atom. The number of benzene rings is 1. The second kappa shape index (κ2) is 8.21. The predicted octanol–water partition coefficient (Wildman–Crippen LogP) is 1.12. The Morgan fingerprint density at radius 1 is 1.41 bits per heavy atom. The van der Waals surface area contributed by atoms with E-state index in [0.717, 1.165) is 6.07 Å². The number of amides is 2. The summed E-state index contributed by atoms with van der Waals surface area (Å²) in [6, 6.07) is 5.17. The number of ether oxygens (including phenoxy) is 3. The number of nitro benzene ring substituents is 1. The lowest BCUT2D eigenvalue weighted by atomic mass is 10.2. The van der Waals surface area contributed by atoms with Gasteiger partial charge in [0, 0.05) is 6.20 Å².